The standard InChI is InChI=1S/C13H18N2O5S/c1-10-11(15(17)18)3-2-4-12(10)21(19,20)14-9-13(5-6-13)7-8-16/h2-4,14,16H,5-9H2,1H3. The summed E-state index contributed by atoms with van der Waals surface area (Å²) in [6.45, 7) is 1.70. The highest BCUT2D eigenvalue weighted by molar-refractivity contribution is 7.89. The molecule has 0 saturated heterocycles. The Labute approximate surface area is 123 Å². The molecule has 0 aliphatic heterocycles. The number of nitrogens with zero attached hydrogens (tertiary/aromatic N) is 1. The largest absolute Gasteiger partial charge is 0.396 e. The Balaban J connectivity index is 2.20. The lowest BCUT2D eigenvalue weighted by molar-refractivity contribution is -0.385. The molecule has 0 radical (unpaired) electrons. The van der Waals surface area contributed by atoms with Crippen LogP contribution in [0.1, 0.15) is 24.8 Å². The SMILES string of the molecule is Cc1c([N+](=O)[O-])cccc1S(=O)(=O)NCC1(CCO)CC1. The van der Waals surface area contributed by atoms with Crippen LogP contribution in [-0.4, -0.2) is 31.6 Å². The van der Waals surface area contributed by atoms with Crippen molar-refractivity contribution in [3.63, 3.8) is 0 Å². The lowest BCUT2D eigenvalue weighted by Gasteiger charge is -2.15. The first-order chi connectivity index (χ1) is 9.81. The molecule has 1 aromatic carbocycles. The quantitative estimate of drug-likeness (QED) is 0.583. The van der Waals surface area contributed by atoms with Gasteiger partial charge in [-0.1, -0.05) is 6.07 Å². The normalized spacial score (nSPS) is 16.7. The van der Waals surface area contributed by atoms with Gasteiger partial charge in [-0.15, -0.1) is 0 Å². The molecule has 1 aromatic rings. The molecule has 7 nitrogen and oxygen atoms in total. The van der Waals surface area contributed by atoms with Gasteiger partial charge in [-0.05, 0) is 37.7 Å². The van der Waals surface area contributed by atoms with Gasteiger partial charge in [-0.2, -0.15) is 0 Å². The minimum absolute atomic E-state index is 0.0254. The number of nitrogens with one attached hydrogen (secondary N) is 1. The molecule has 0 atom stereocenters. The van der Waals surface area contributed by atoms with Gasteiger partial charge in [0.05, 0.1) is 9.82 Å². The molecule has 0 amide bonds. The molecule has 0 bridgehead atoms. The van der Waals surface area contributed by atoms with Gasteiger partial charge < -0.3 is 5.11 Å². The molecule has 2 rings (SSSR count). The smallest absolute Gasteiger partial charge is 0.273 e. The number of rotatable bonds is 7. The highest BCUT2D eigenvalue weighted by Crippen LogP contribution is 2.48. The average Bonchev–Trinajstić information content (AvgIpc) is 3.17. The fourth-order valence-corrected chi connectivity index (χ4v) is 3.76. The van der Waals surface area contributed by atoms with E-state index in [1.54, 1.807) is 0 Å². The zero-order chi connectivity index (χ0) is 15.7. The van der Waals surface area contributed by atoms with E-state index in [1.165, 1.54) is 25.1 Å². The van der Waals surface area contributed by atoms with Gasteiger partial charge in [0.25, 0.3) is 5.69 Å². The van der Waals surface area contributed by atoms with E-state index < -0.39 is 14.9 Å². The molecule has 1 saturated carbocycles. The summed E-state index contributed by atoms with van der Waals surface area (Å²) >= 11 is 0. The minimum Gasteiger partial charge on any atom is -0.396 e. The summed E-state index contributed by atoms with van der Waals surface area (Å²) in [5.41, 5.74) is -0.243. The summed E-state index contributed by atoms with van der Waals surface area (Å²) < 4.78 is 27.1. The summed E-state index contributed by atoms with van der Waals surface area (Å²) in [6, 6.07) is 4.00. The number of sulfonamides is 1. The monoisotopic (exact) mass is 314 g/mol. The number of hydrogen-bond donors (Lipinski definition) is 2. The van der Waals surface area contributed by atoms with E-state index in [9.17, 15) is 18.5 Å². The first-order valence-corrected chi connectivity index (χ1v) is 8.14. The van der Waals surface area contributed by atoms with Crippen LogP contribution in [0.5, 0.6) is 0 Å². The first kappa shape index (κ1) is 15.9. The van der Waals surface area contributed by atoms with Crippen molar-refractivity contribution < 1.29 is 18.4 Å². The van der Waals surface area contributed by atoms with Crippen LogP contribution in [-0.2, 0) is 10.0 Å². The predicted octanol–water partition coefficient (Wildman–Crippen LogP) is 1.34. The third-order valence-corrected chi connectivity index (χ3v) is 5.52. The first-order valence-electron chi connectivity index (χ1n) is 6.66. The van der Waals surface area contributed by atoms with Crippen molar-refractivity contribution in [3.8, 4) is 0 Å². The number of aliphatic hydroxyl groups excluding tert-OH is 1. The molecule has 8 heteroatoms. The molecule has 1 aliphatic rings. The van der Waals surface area contributed by atoms with Crippen LogP contribution >= 0.6 is 0 Å². The lowest BCUT2D eigenvalue weighted by atomic mass is 10.0. The predicted molar refractivity (Wildman–Crippen MR) is 76.4 cm³/mol. The average molecular weight is 314 g/mol. The van der Waals surface area contributed by atoms with Crippen LogP contribution in [0.4, 0.5) is 5.69 Å². The van der Waals surface area contributed by atoms with Crippen LogP contribution in [0.15, 0.2) is 23.1 Å². The fourth-order valence-electron chi connectivity index (χ4n) is 2.35. The van der Waals surface area contributed by atoms with E-state index in [0.717, 1.165) is 12.8 Å². The Morgan fingerprint density at radius 1 is 1.43 bits per heavy atom. The van der Waals surface area contributed by atoms with Crippen LogP contribution in [0, 0.1) is 22.5 Å². The summed E-state index contributed by atoms with van der Waals surface area (Å²) in [5, 5.41) is 19.9. The number of hydrogen-bond acceptors (Lipinski definition) is 5. The molecule has 21 heavy (non-hydrogen) atoms. The zero-order valence-corrected chi connectivity index (χ0v) is 12.5. The number of nitro benzene ring substituents is 1. The molecule has 0 unspecified atom stereocenters. The van der Waals surface area contributed by atoms with E-state index in [-0.39, 0.29) is 34.7 Å². The molecule has 2 N–H and O–H groups in total. The zero-order valence-electron chi connectivity index (χ0n) is 11.7. The van der Waals surface area contributed by atoms with Crippen molar-refractivity contribution >= 4 is 15.7 Å². The summed E-state index contributed by atoms with van der Waals surface area (Å²) in [7, 11) is -3.79. The number of benzene rings is 1. The van der Waals surface area contributed by atoms with Gasteiger partial charge in [-0.25, -0.2) is 13.1 Å². The van der Waals surface area contributed by atoms with E-state index in [4.69, 9.17) is 5.11 Å². The van der Waals surface area contributed by atoms with Crippen molar-refractivity contribution in [2.24, 2.45) is 5.41 Å². The molecular weight excluding hydrogens is 296 g/mol. The summed E-state index contributed by atoms with van der Waals surface area (Å²) in [4.78, 5) is 10.2. The molecule has 1 fully saturated rings. The highest BCUT2D eigenvalue weighted by Gasteiger charge is 2.42. The third kappa shape index (κ3) is 3.39. The third-order valence-electron chi connectivity index (χ3n) is 3.98. The van der Waals surface area contributed by atoms with E-state index >= 15 is 0 Å². The van der Waals surface area contributed by atoms with Gasteiger partial charge in [0.1, 0.15) is 0 Å². The van der Waals surface area contributed by atoms with Crippen molar-refractivity contribution in [2.45, 2.75) is 31.1 Å². The Kier molecular flexibility index (Phi) is 4.31. The molecule has 0 heterocycles. The van der Waals surface area contributed by atoms with Crippen LogP contribution in [0.2, 0.25) is 0 Å². The van der Waals surface area contributed by atoms with Crippen molar-refractivity contribution in [1.82, 2.24) is 4.72 Å². The summed E-state index contributed by atoms with van der Waals surface area (Å²) in [6.07, 6.45) is 2.32. The van der Waals surface area contributed by atoms with Gasteiger partial charge in [0.2, 0.25) is 10.0 Å². The van der Waals surface area contributed by atoms with E-state index in [0.29, 0.717) is 6.42 Å². The van der Waals surface area contributed by atoms with Crippen molar-refractivity contribution in [1.29, 1.82) is 0 Å². The topological polar surface area (TPSA) is 110 Å². The van der Waals surface area contributed by atoms with Gasteiger partial charge in [-0.3, -0.25) is 10.1 Å². The highest BCUT2D eigenvalue weighted by atomic mass is 32.2. The molecule has 1 aliphatic carbocycles. The second-order valence-corrected chi connectivity index (χ2v) is 7.19. The second kappa shape index (κ2) is 5.70. The number of aliphatic hydroxyl groups is 1. The van der Waals surface area contributed by atoms with E-state index in [1.807, 2.05) is 0 Å². The second-order valence-electron chi connectivity index (χ2n) is 5.46. The van der Waals surface area contributed by atoms with Crippen LogP contribution in [0.3, 0.4) is 0 Å². The van der Waals surface area contributed by atoms with Crippen molar-refractivity contribution in [3.05, 3.63) is 33.9 Å². The Hall–Kier alpha value is -1.51. The summed E-state index contributed by atoms with van der Waals surface area (Å²) in [5.74, 6) is 0. The van der Waals surface area contributed by atoms with Crippen molar-refractivity contribution in [2.75, 3.05) is 13.2 Å². The van der Waals surface area contributed by atoms with Crippen LogP contribution in [0.25, 0.3) is 0 Å². The Morgan fingerprint density at radius 2 is 2.10 bits per heavy atom. The van der Waals surface area contributed by atoms with E-state index in [2.05, 4.69) is 4.72 Å². The number of nitro groups is 1. The Bertz CT molecular complexity index is 653. The molecular formula is C13H18N2O5S. The van der Waals surface area contributed by atoms with Gasteiger partial charge >= 0.3 is 0 Å². The maximum atomic E-state index is 12.3. The maximum absolute atomic E-state index is 12.3. The van der Waals surface area contributed by atoms with Gasteiger partial charge in [0, 0.05) is 24.8 Å². The molecule has 0 aromatic heterocycles. The molecule has 0 spiro atoms. The van der Waals surface area contributed by atoms with Crippen LogP contribution < -0.4 is 4.72 Å². The Morgan fingerprint density at radius 3 is 2.62 bits per heavy atom. The maximum Gasteiger partial charge on any atom is 0.273 e. The van der Waals surface area contributed by atoms with Gasteiger partial charge in [0.15, 0.2) is 0 Å². The molecule has 116 valence electrons. The minimum atomic E-state index is -3.79. The lowest BCUT2D eigenvalue weighted by Crippen LogP contribution is -2.31. The fraction of sp³-hybridized carbons (Fsp3) is 0.538.